The molecule has 5 heteroatoms. The molecule has 2 aromatic rings. The maximum atomic E-state index is 5.63. The summed E-state index contributed by atoms with van der Waals surface area (Å²) in [5.74, 6) is 1.01. The summed E-state index contributed by atoms with van der Waals surface area (Å²) in [5, 5.41) is 4.74. The van der Waals surface area contributed by atoms with Gasteiger partial charge in [-0.3, -0.25) is 9.98 Å². The third kappa shape index (κ3) is 3.33. The fourth-order valence-corrected chi connectivity index (χ4v) is 4.10. The number of ether oxygens (including phenoxy) is 1. The zero-order valence-electron chi connectivity index (χ0n) is 14.9. The van der Waals surface area contributed by atoms with Gasteiger partial charge in [0, 0.05) is 50.3 Å². The summed E-state index contributed by atoms with van der Waals surface area (Å²) in [6, 6.07) is 10.5. The lowest BCUT2D eigenvalue weighted by molar-refractivity contribution is 0.156. The van der Waals surface area contributed by atoms with Crippen LogP contribution in [0, 0.1) is 5.41 Å². The third-order valence-electron chi connectivity index (χ3n) is 5.53. The van der Waals surface area contributed by atoms with Crippen molar-refractivity contribution in [3.05, 3.63) is 42.1 Å². The number of likely N-dealkylation sites (tertiary alicyclic amines) is 1. The van der Waals surface area contributed by atoms with Crippen LogP contribution in [0.2, 0.25) is 0 Å². The summed E-state index contributed by atoms with van der Waals surface area (Å²) in [7, 11) is 1.87. The van der Waals surface area contributed by atoms with Gasteiger partial charge in [-0.25, -0.2) is 0 Å². The molecular weight excluding hydrogens is 312 g/mol. The van der Waals surface area contributed by atoms with E-state index in [2.05, 4.69) is 44.5 Å². The van der Waals surface area contributed by atoms with Crippen LogP contribution in [-0.4, -0.2) is 55.7 Å². The van der Waals surface area contributed by atoms with Crippen LogP contribution in [0.1, 0.15) is 18.4 Å². The fraction of sp³-hybridized carbons (Fsp3) is 0.500. The van der Waals surface area contributed by atoms with Crippen LogP contribution < -0.4 is 5.32 Å². The van der Waals surface area contributed by atoms with E-state index in [-0.39, 0.29) is 0 Å². The lowest BCUT2D eigenvalue weighted by atomic mass is 9.87. The number of aromatic nitrogens is 1. The fourth-order valence-electron chi connectivity index (χ4n) is 4.10. The molecule has 2 saturated heterocycles. The Morgan fingerprint density at radius 3 is 3.08 bits per heavy atom. The van der Waals surface area contributed by atoms with E-state index in [1.54, 1.807) is 0 Å². The van der Waals surface area contributed by atoms with Crippen LogP contribution in [0.3, 0.4) is 0 Å². The van der Waals surface area contributed by atoms with Crippen LogP contribution in [0.25, 0.3) is 10.9 Å². The number of hydrogen-bond acceptors (Lipinski definition) is 3. The average molecular weight is 338 g/mol. The predicted molar refractivity (Wildman–Crippen MR) is 101 cm³/mol. The molecule has 0 saturated carbocycles. The van der Waals surface area contributed by atoms with E-state index in [1.165, 1.54) is 23.8 Å². The molecule has 5 nitrogen and oxygen atoms in total. The zero-order chi connectivity index (χ0) is 17.1. The number of fused-ring (bicyclic) bond motifs is 1. The second-order valence-corrected chi connectivity index (χ2v) is 7.19. The molecular formula is C20H26N4O. The molecule has 1 N–H and O–H groups in total. The summed E-state index contributed by atoms with van der Waals surface area (Å²) >= 11 is 0. The van der Waals surface area contributed by atoms with Crippen molar-refractivity contribution in [1.29, 1.82) is 0 Å². The van der Waals surface area contributed by atoms with Gasteiger partial charge in [-0.1, -0.05) is 24.3 Å². The van der Waals surface area contributed by atoms with Gasteiger partial charge < -0.3 is 15.0 Å². The van der Waals surface area contributed by atoms with Crippen LogP contribution >= 0.6 is 0 Å². The number of aliphatic imine (C=N–C) groups is 1. The first kappa shape index (κ1) is 16.3. The molecule has 4 rings (SSSR count). The monoisotopic (exact) mass is 338 g/mol. The smallest absolute Gasteiger partial charge is 0.193 e. The van der Waals surface area contributed by atoms with E-state index < -0.39 is 0 Å². The highest BCUT2D eigenvalue weighted by Crippen LogP contribution is 2.38. The molecule has 0 amide bonds. The Morgan fingerprint density at radius 2 is 2.24 bits per heavy atom. The van der Waals surface area contributed by atoms with Gasteiger partial charge in [0.15, 0.2) is 5.96 Å². The Balaban J connectivity index is 1.37. The van der Waals surface area contributed by atoms with Crippen LogP contribution in [0.15, 0.2) is 41.5 Å². The van der Waals surface area contributed by atoms with Crippen molar-refractivity contribution in [2.75, 3.05) is 39.9 Å². The van der Waals surface area contributed by atoms with Crippen molar-refractivity contribution in [2.24, 2.45) is 10.4 Å². The highest BCUT2D eigenvalue weighted by molar-refractivity contribution is 5.82. The Kier molecular flexibility index (Phi) is 4.57. The number of benzene rings is 1. The molecule has 2 aliphatic rings. The summed E-state index contributed by atoms with van der Waals surface area (Å²) < 4.78 is 5.63. The van der Waals surface area contributed by atoms with Gasteiger partial charge in [0.25, 0.3) is 0 Å². The number of para-hydroxylation sites is 1. The van der Waals surface area contributed by atoms with Crippen LogP contribution in [-0.2, 0) is 11.2 Å². The minimum absolute atomic E-state index is 0.358. The molecule has 2 aliphatic heterocycles. The summed E-state index contributed by atoms with van der Waals surface area (Å²) in [6.45, 7) is 4.81. The quantitative estimate of drug-likeness (QED) is 0.690. The van der Waals surface area contributed by atoms with Crippen molar-refractivity contribution in [2.45, 2.75) is 19.3 Å². The summed E-state index contributed by atoms with van der Waals surface area (Å²) in [5.41, 5.74) is 2.74. The molecule has 25 heavy (non-hydrogen) atoms. The number of hydrogen-bond donors (Lipinski definition) is 1. The molecule has 1 spiro atoms. The molecule has 1 unspecified atom stereocenters. The largest absolute Gasteiger partial charge is 0.381 e. The molecule has 0 aliphatic carbocycles. The number of rotatable bonds is 3. The average Bonchev–Trinajstić information content (AvgIpc) is 3.29. The second kappa shape index (κ2) is 7.00. The summed E-state index contributed by atoms with van der Waals surface area (Å²) in [4.78, 5) is 11.4. The van der Waals surface area contributed by atoms with Crippen molar-refractivity contribution >= 4 is 16.9 Å². The number of nitrogens with zero attached hydrogens (tertiary/aromatic N) is 3. The number of guanidine groups is 1. The van der Waals surface area contributed by atoms with Crippen molar-refractivity contribution < 1.29 is 4.74 Å². The van der Waals surface area contributed by atoms with E-state index in [1.807, 2.05) is 19.3 Å². The summed E-state index contributed by atoms with van der Waals surface area (Å²) in [6.07, 6.45) is 5.20. The van der Waals surface area contributed by atoms with Gasteiger partial charge in [0.05, 0.1) is 12.1 Å². The molecule has 0 radical (unpaired) electrons. The maximum absolute atomic E-state index is 5.63. The maximum Gasteiger partial charge on any atom is 0.193 e. The Bertz CT molecular complexity index is 762. The number of nitrogens with one attached hydrogen (secondary N) is 1. The van der Waals surface area contributed by atoms with Gasteiger partial charge in [0.2, 0.25) is 0 Å². The van der Waals surface area contributed by atoms with Gasteiger partial charge in [-0.05, 0) is 30.9 Å². The minimum atomic E-state index is 0.358. The minimum Gasteiger partial charge on any atom is -0.381 e. The van der Waals surface area contributed by atoms with Crippen LogP contribution in [0.4, 0.5) is 0 Å². The lowest BCUT2D eigenvalue weighted by Gasteiger charge is -2.25. The first-order chi connectivity index (χ1) is 12.3. The van der Waals surface area contributed by atoms with E-state index in [9.17, 15) is 0 Å². The Morgan fingerprint density at radius 1 is 1.32 bits per heavy atom. The Labute approximate surface area is 149 Å². The van der Waals surface area contributed by atoms with E-state index >= 15 is 0 Å². The molecule has 132 valence electrons. The van der Waals surface area contributed by atoms with Gasteiger partial charge in [0.1, 0.15) is 0 Å². The van der Waals surface area contributed by atoms with Gasteiger partial charge >= 0.3 is 0 Å². The van der Waals surface area contributed by atoms with E-state index in [4.69, 9.17) is 4.74 Å². The molecule has 3 heterocycles. The van der Waals surface area contributed by atoms with Crippen molar-refractivity contribution in [3.8, 4) is 0 Å². The standard InChI is InChI=1S/C20H26N4O/c1-21-19(24-12-8-20(14-24)9-13-25-15-20)23-11-7-17-5-2-4-16-6-3-10-22-18(16)17/h2-6,10H,7-9,11-15H2,1H3,(H,21,23). The zero-order valence-corrected chi connectivity index (χ0v) is 14.9. The normalized spacial score (nSPS) is 23.7. The van der Waals surface area contributed by atoms with Gasteiger partial charge in [-0.15, -0.1) is 0 Å². The molecule has 1 aromatic carbocycles. The SMILES string of the molecule is CN=C(NCCc1cccc2cccnc12)N1CCC2(CCOC2)C1. The highest BCUT2D eigenvalue weighted by Gasteiger charge is 2.42. The third-order valence-corrected chi connectivity index (χ3v) is 5.53. The molecule has 2 fully saturated rings. The molecule has 1 aromatic heterocycles. The van der Waals surface area contributed by atoms with E-state index in [0.717, 1.165) is 50.7 Å². The van der Waals surface area contributed by atoms with E-state index in [0.29, 0.717) is 5.41 Å². The first-order valence-electron chi connectivity index (χ1n) is 9.16. The second-order valence-electron chi connectivity index (χ2n) is 7.19. The first-order valence-corrected chi connectivity index (χ1v) is 9.16. The predicted octanol–water partition coefficient (Wildman–Crippen LogP) is 2.47. The van der Waals surface area contributed by atoms with Gasteiger partial charge in [-0.2, -0.15) is 0 Å². The molecule has 1 atom stereocenters. The highest BCUT2D eigenvalue weighted by atomic mass is 16.5. The van der Waals surface area contributed by atoms with Crippen molar-refractivity contribution in [1.82, 2.24) is 15.2 Å². The topological polar surface area (TPSA) is 49.8 Å². The lowest BCUT2D eigenvalue weighted by Crippen LogP contribution is -2.42. The Hall–Kier alpha value is -2.14. The molecule has 0 bridgehead atoms. The number of pyridine rings is 1. The van der Waals surface area contributed by atoms with Crippen LogP contribution in [0.5, 0.6) is 0 Å². The van der Waals surface area contributed by atoms with Crippen molar-refractivity contribution in [3.63, 3.8) is 0 Å².